The molecule has 1 aromatic heterocycles. The van der Waals surface area contributed by atoms with Crippen molar-refractivity contribution in [2.45, 2.75) is 50.4 Å². The third-order valence-corrected chi connectivity index (χ3v) is 5.30. The molecule has 4 rings (SSSR count). The summed E-state index contributed by atoms with van der Waals surface area (Å²) in [5.74, 6) is 5.81. The van der Waals surface area contributed by atoms with E-state index in [1.54, 1.807) is 11.3 Å². The molecule has 116 valence electrons. The highest BCUT2D eigenvalue weighted by atomic mass is 32.1. The fourth-order valence-corrected chi connectivity index (χ4v) is 3.83. The molecule has 1 saturated heterocycles. The van der Waals surface area contributed by atoms with Crippen LogP contribution in [0.1, 0.15) is 42.8 Å². The molecule has 0 bridgehead atoms. The van der Waals surface area contributed by atoms with Crippen molar-refractivity contribution in [3.05, 3.63) is 16.1 Å². The van der Waals surface area contributed by atoms with Gasteiger partial charge in [0, 0.05) is 24.6 Å². The Balaban J connectivity index is 1.39. The van der Waals surface area contributed by atoms with Gasteiger partial charge in [-0.25, -0.2) is 4.98 Å². The van der Waals surface area contributed by atoms with E-state index in [4.69, 9.17) is 14.3 Å². The molecule has 0 unspecified atom stereocenters. The third-order valence-electron chi connectivity index (χ3n) is 4.53. The smallest absolute Gasteiger partial charge is 0.168 e. The van der Waals surface area contributed by atoms with Gasteiger partial charge in [-0.3, -0.25) is 0 Å². The van der Waals surface area contributed by atoms with Gasteiger partial charge in [0.15, 0.2) is 5.79 Å². The molecule has 3 aliphatic rings. The zero-order chi connectivity index (χ0) is 15.0. The fourth-order valence-electron chi connectivity index (χ4n) is 3.29. The second-order valence-electron chi connectivity index (χ2n) is 6.10. The van der Waals surface area contributed by atoms with Gasteiger partial charge in [-0.2, -0.15) is 0 Å². The molecule has 0 atom stereocenters. The summed E-state index contributed by atoms with van der Waals surface area (Å²) in [6.45, 7) is 3.38. The molecular formula is C16H18N2O3S. The quantitative estimate of drug-likeness (QED) is 0.690. The molecule has 1 aromatic rings. The Morgan fingerprint density at radius 3 is 2.59 bits per heavy atom. The van der Waals surface area contributed by atoms with Crippen LogP contribution in [0.5, 0.6) is 0 Å². The van der Waals surface area contributed by atoms with Crippen molar-refractivity contribution in [2.24, 2.45) is 5.16 Å². The summed E-state index contributed by atoms with van der Waals surface area (Å²) >= 11 is 1.61. The molecule has 1 aliphatic carbocycles. The van der Waals surface area contributed by atoms with Gasteiger partial charge in [0.25, 0.3) is 0 Å². The Morgan fingerprint density at radius 1 is 1.14 bits per heavy atom. The molecule has 0 radical (unpaired) electrons. The highest BCUT2D eigenvalue weighted by Gasteiger charge is 2.50. The second kappa shape index (κ2) is 5.34. The lowest BCUT2D eigenvalue weighted by Crippen LogP contribution is -2.43. The van der Waals surface area contributed by atoms with E-state index in [1.165, 1.54) is 0 Å². The Kier molecular flexibility index (Phi) is 3.44. The lowest BCUT2D eigenvalue weighted by atomic mass is 9.79. The number of oxime groups is 1. The van der Waals surface area contributed by atoms with Crippen LogP contribution in [-0.2, 0) is 14.3 Å². The van der Waals surface area contributed by atoms with E-state index in [-0.39, 0.29) is 11.4 Å². The van der Waals surface area contributed by atoms with Crippen LogP contribution in [0.4, 0.5) is 0 Å². The number of aromatic nitrogens is 1. The average molecular weight is 318 g/mol. The van der Waals surface area contributed by atoms with Crippen LogP contribution in [-0.4, -0.2) is 35.3 Å². The Bertz CT molecular complexity index is 654. The molecule has 2 fully saturated rings. The maximum atomic E-state index is 5.77. The van der Waals surface area contributed by atoms with Crippen LogP contribution in [0.2, 0.25) is 0 Å². The van der Waals surface area contributed by atoms with Crippen LogP contribution >= 0.6 is 11.3 Å². The van der Waals surface area contributed by atoms with Crippen LogP contribution in [0.25, 0.3) is 0 Å². The average Bonchev–Trinajstić information content (AvgIpc) is 3.22. The largest absolute Gasteiger partial charge is 0.388 e. The van der Waals surface area contributed by atoms with E-state index >= 15 is 0 Å². The molecule has 22 heavy (non-hydrogen) atoms. The zero-order valence-electron chi connectivity index (χ0n) is 12.6. The zero-order valence-corrected chi connectivity index (χ0v) is 13.4. The number of thiazole rings is 1. The number of aryl methyl sites for hydroxylation is 1. The summed E-state index contributed by atoms with van der Waals surface area (Å²) in [6.07, 6.45) is 4.32. The minimum atomic E-state index is -0.360. The molecule has 2 aliphatic heterocycles. The van der Waals surface area contributed by atoms with Crippen molar-refractivity contribution in [1.29, 1.82) is 0 Å². The van der Waals surface area contributed by atoms with E-state index < -0.39 is 0 Å². The lowest BCUT2D eigenvalue weighted by molar-refractivity contribution is -0.206. The molecule has 0 N–H and O–H groups in total. The number of nitrogens with zero attached hydrogens (tertiary/aromatic N) is 2. The predicted octanol–water partition coefficient (Wildman–Crippen LogP) is 2.64. The molecule has 0 amide bonds. The SMILES string of the molecule is Cc1nc(C#CC2=NOC3(CCC4(CC3)OCCO4)C2)cs1. The van der Waals surface area contributed by atoms with Crippen LogP contribution in [0.15, 0.2) is 10.5 Å². The molecule has 1 saturated carbocycles. The van der Waals surface area contributed by atoms with Crippen molar-refractivity contribution in [3.63, 3.8) is 0 Å². The van der Waals surface area contributed by atoms with E-state index in [9.17, 15) is 0 Å². The van der Waals surface area contributed by atoms with E-state index in [0.29, 0.717) is 13.2 Å². The molecule has 2 spiro atoms. The maximum absolute atomic E-state index is 5.77. The summed E-state index contributed by atoms with van der Waals surface area (Å²) in [5.41, 5.74) is 1.42. The highest BCUT2D eigenvalue weighted by Crippen LogP contribution is 2.45. The van der Waals surface area contributed by atoms with Crippen molar-refractivity contribution < 1.29 is 14.3 Å². The van der Waals surface area contributed by atoms with Crippen molar-refractivity contribution in [3.8, 4) is 11.8 Å². The van der Waals surface area contributed by atoms with Gasteiger partial charge in [0.05, 0.1) is 18.2 Å². The van der Waals surface area contributed by atoms with Gasteiger partial charge in [0.1, 0.15) is 17.0 Å². The summed E-state index contributed by atoms with van der Waals surface area (Å²) in [6, 6.07) is 0. The number of rotatable bonds is 0. The first kappa shape index (κ1) is 14.2. The Morgan fingerprint density at radius 2 is 1.91 bits per heavy atom. The van der Waals surface area contributed by atoms with Crippen molar-refractivity contribution in [1.82, 2.24) is 4.98 Å². The highest BCUT2D eigenvalue weighted by molar-refractivity contribution is 7.09. The Labute approximate surface area is 133 Å². The van der Waals surface area contributed by atoms with E-state index in [0.717, 1.165) is 48.5 Å². The lowest BCUT2D eigenvalue weighted by Gasteiger charge is -2.39. The van der Waals surface area contributed by atoms with E-state index in [2.05, 4.69) is 22.0 Å². The van der Waals surface area contributed by atoms with Gasteiger partial charge in [-0.1, -0.05) is 5.16 Å². The minimum absolute atomic E-state index is 0.206. The summed E-state index contributed by atoms with van der Waals surface area (Å²) in [4.78, 5) is 10.1. The first-order valence-corrected chi connectivity index (χ1v) is 8.52. The molecule has 0 aromatic carbocycles. The predicted molar refractivity (Wildman–Crippen MR) is 82.7 cm³/mol. The van der Waals surface area contributed by atoms with Crippen molar-refractivity contribution in [2.75, 3.05) is 13.2 Å². The first-order chi connectivity index (χ1) is 10.7. The maximum Gasteiger partial charge on any atom is 0.168 e. The van der Waals surface area contributed by atoms with Gasteiger partial charge in [-0.05, 0) is 31.6 Å². The normalized spacial score (nSPS) is 24.9. The third kappa shape index (κ3) is 2.65. The summed E-state index contributed by atoms with van der Waals surface area (Å²) in [7, 11) is 0. The second-order valence-corrected chi connectivity index (χ2v) is 7.16. The minimum Gasteiger partial charge on any atom is -0.388 e. The molecule has 3 heterocycles. The molecule has 5 nitrogen and oxygen atoms in total. The fraction of sp³-hybridized carbons (Fsp3) is 0.625. The van der Waals surface area contributed by atoms with Gasteiger partial charge >= 0.3 is 0 Å². The van der Waals surface area contributed by atoms with Crippen molar-refractivity contribution >= 4 is 17.0 Å². The van der Waals surface area contributed by atoms with Gasteiger partial charge in [-0.15, -0.1) is 11.3 Å². The number of hydrogen-bond donors (Lipinski definition) is 0. The van der Waals surface area contributed by atoms with Gasteiger partial charge < -0.3 is 14.3 Å². The summed E-state index contributed by atoms with van der Waals surface area (Å²) in [5, 5.41) is 7.18. The van der Waals surface area contributed by atoms with E-state index in [1.807, 2.05) is 12.3 Å². The standard InChI is InChI=1S/C16H18N2O3S/c1-12-17-14(11-22-12)3-2-13-10-15(21-18-13)4-6-16(7-5-15)19-8-9-20-16/h11H,4-10H2,1H3. The van der Waals surface area contributed by atoms with Crippen LogP contribution in [0.3, 0.4) is 0 Å². The number of ether oxygens (including phenoxy) is 2. The number of hydrogen-bond acceptors (Lipinski definition) is 6. The molecular weight excluding hydrogens is 300 g/mol. The Hall–Kier alpha value is -1.42. The van der Waals surface area contributed by atoms with Gasteiger partial charge in [0.2, 0.25) is 0 Å². The summed E-state index contributed by atoms with van der Waals surface area (Å²) < 4.78 is 11.5. The molecule has 6 heteroatoms. The first-order valence-electron chi connectivity index (χ1n) is 7.64. The monoisotopic (exact) mass is 318 g/mol. The van der Waals surface area contributed by atoms with Crippen LogP contribution in [0, 0.1) is 18.8 Å². The topological polar surface area (TPSA) is 52.9 Å². The van der Waals surface area contributed by atoms with Crippen LogP contribution < -0.4 is 0 Å².